The first-order valence-corrected chi connectivity index (χ1v) is 13.2. The van der Waals surface area contributed by atoms with Gasteiger partial charge in [0.05, 0.1) is 40.6 Å². The molecule has 0 saturated heterocycles. The zero-order chi connectivity index (χ0) is 28.2. The molecule has 0 aliphatic carbocycles. The predicted octanol–water partition coefficient (Wildman–Crippen LogP) is 4.56. The summed E-state index contributed by atoms with van der Waals surface area (Å²) in [6.45, 7) is 0.989. The summed E-state index contributed by atoms with van der Waals surface area (Å²) < 4.78 is 9.20. The molecule has 1 aliphatic rings. The summed E-state index contributed by atoms with van der Waals surface area (Å²) in [5.41, 5.74) is 8.88. The highest BCUT2D eigenvalue weighted by Crippen LogP contribution is 2.37. The topological polar surface area (TPSA) is 110 Å². The minimum Gasteiger partial charge on any atom is -0.463 e. The molecule has 0 atom stereocenters. The van der Waals surface area contributed by atoms with Crippen LogP contribution in [0.15, 0.2) is 82.5 Å². The molecular weight excluding hydrogens is 518 g/mol. The van der Waals surface area contributed by atoms with E-state index in [2.05, 4.69) is 20.0 Å². The van der Waals surface area contributed by atoms with Gasteiger partial charge in [-0.3, -0.25) is 14.0 Å². The number of aromatic nitrogens is 4. The summed E-state index contributed by atoms with van der Waals surface area (Å²) in [5.74, 6) is 0.468. The third-order valence-corrected chi connectivity index (χ3v) is 7.45. The van der Waals surface area contributed by atoms with Crippen LogP contribution in [0.25, 0.3) is 39.1 Å². The molecule has 6 heterocycles. The van der Waals surface area contributed by atoms with Gasteiger partial charge in [0.15, 0.2) is 5.58 Å². The number of furan rings is 1. The summed E-state index contributed by atoms with van der Waals surface area (Å²) in [4.78, 5) is 36.9. The van der Waals surface area contributed by atoms with Crippen molar-refractivity contribution in [1.29, 1.82) is 0 Å². The van der Waals surface area contributed by atoms with Crippen LogP contribution in [-0.2, 0) is 20.1 Å². The Hall–Kier alpha value is -5.22. The van der Waals surface area contributed by atoms with Crippen molar-refractivity contribution in [2.45, 2.75) is 13.1 Å². The number of rotatable bonds is 6. The Labute approximate surface area is 234 Å². The molecule has 0 saturated carbocycles. The van der Waals surface area contributed by atoms with E-state index in [-0.39, 0.29) is 11.5 Å². The maximum atomic E-state index is 13.1. The molecule has 1 amide bonds. The van der Waals surface area contributed by atoms with Gasteiger partial charge in [0.2, 0.25) is 0 Å². The lowest BCUT2D eigenvalue weighted by Crippen LogP contribution is -2.16. The number of nitrogens with one attached hydrogen (secondary N) is 2. The molecule has 204 valence electrons. The molecule has 1 aromatic carbocycles. The molecule has 6 aromatic rings. The number of hydrogen-bond acceptors (Lipinski definition) is 7. The van der Waals surface area contributed by atoms with Gasteiger partial charge < -0.3 is 24.5 Å². The highest BCUT2D eigenvalue weighted by Gasteiger charge is 2.28. The second-order valence-corrected chi connectivity index (χ2v) is 10.5. The van der Waals surface area contributed by atoms with Gasteiger partial charge >= 0.3 is 0 Å². The van der Waals surface area contributed by atoms with Crippen LogP contribution >= 0.6 is 0 Å². The third kappa shape index (κ3) is 4.16. The highest BCUT2D eigenvalue weighted by molar-refractivity contribution is 6.06. The number of imidazole rings is 1. The predicted molar refractivity (Wildman–Crippen MR) is 157 cm³/mol. The maximum Gasteiger partial charge on any atom is 0.254 e. The Kier molecular flexibility index (Phi) is 5.72. The summed E-state index contributed by atoms with van der Waals surface area (Å²) in [6, 6.07) is 17.0. The fourth-order valence-electron chi connectivity index (χ4n) is 5.50. The number of benzene rings is 1. The molecule has 2 N–H and O–H groups in total. The van der Waals surface area contributed by atoms with Crippen LogP contribution in [0.2, 0.25) is 0 Å². The van der Waals surface area contributed by atoms with Gasteiger partial charge in [-0.2, -0.15) is 0 Å². The Morgan fingerprint density at radius 1 is 1.05 bits per heavy atom. The number of nitrogens with zero attached hydrogens (tertiary/aromatic N) is 5. The third-order valence-electron chi connectivity index (χ3n) is 7.45. The van der Waals surface area contributed by atoms with Crippen molar-refractivity contribution in [1.82, 2.24) is 29.2 Å². The monoisotopic (exact) mass is 545 g/mol. The van der Waals surface area contributed by atoms with E-state index in [1.807, 2.05) is 73.7 Å². The first kappa shape index (κ1) is 24.8. The number of hydrogen-bond donors (Lipinski definition) is 2. The van der Waals surface area contributed by atoms with Crippen molar-refractivity contribution in [3.05, 3.63) is 100 Å². The van der Waals surface area contributed by atoms with E-state index in [1.54, 1.807) is 30.1 Å². The average Bonchev–Trinajstić information content (AvgIpc) is 3.69. The standard InChI is InChI=1S/C31H27N7O3/c1-36(2)17-23-19(18-10-12-37(3)29(39)14-18)5-8-27(35-23)34-22-6-4-20(21-15-33-31(40)30(21)22)25-16-32-28-9-7-26-24(38(25)28)11-13-41-26/h4-14,16H,15,17H2,1-3H3,(H,33,40)(H,34,35). The van der Waals surface area contributed by atoms with E-state index < -0.39 is 0 Å². The summed E-state index contributed by atoms with van der Waals surface area (Å²) in [6.07, 6.45) is 5.25. The molecule has 5 aromatic heterocycles. The molecule has 0 spiro atoms. The van der Waals surface area contributed by atoms with E-state index in [0.29, 0.717) is 30.2 Å². The summed E-state index contributed by atoms with van der Waals surface area (Å²) in [5, 5.41) is 6.37. The summed E-state index contributed by atoms with van der Waals surface area (Å²) >= 11 is 0. The SMILES string of the molecule is CN(C)Cc1nc(Nc2ccc(-c3cnc4ccc5occc5n34)c3c2C(=O)NC3)ccc1-c1ccn(C)c(=O)c1. The molecular formula is C31H27N7O3. The lowest BCUT2D eigenvalue weighted by atomic mass is 9.99. The minimum atomic E-state index is -0.142. The number of fused-ring (bicyclic) bond motifs is 4. The highest BCUT2D eigenvalue weighted by atomic mass is 16.3. The number of aryl methyl sites for hydroxylation is 1. The normalized spacial score (nSPS) is 12.8. The van der Waals surface area contributed by atoms with E-state index in [9.17, 15) is 9.59 Å². The molecule has 1 aliphatic heterocycles. The fraction of sp³-hybridized carbons (Fsp3) is 0.161. The van der Waals surface area contributed by atoms with E-state index >= 15 is 0 Å². The van der Waals surface area contributed by atoms with Crippen molar-refractivity contribution in [2.24, 2.45) is 7.05 Å². The van der Waals surface area contributed by atoms with E-state index in [4.69, 9.17) is 9.40 Å². The molecule has 0 unspecified atom stereocenters. The molecule has 10 nitrogen and oxygen atoms in total. The van der Waals surface area contributed by atoms with Gasteiger partial charge in [0.25, 0.3) is 11.5 Å². The van der Waals surface area contributed by atoms with Crippen molar-refractivity contribution < 1.29 is 9.21 Å². The van der Waals surface area contributed by atoms with Crippen LogP contribution in [-0.4, -0.2) is 43.8 Å². The van der Waals surface area contributed by atoms with E-state index in [0.717, 1.165) is 50.4 Å². The average molecular weight is 546 g/mol. The van der Waals surface area contributed by atoms with Crippen LogP contribution in [0.5, 0.6) is 0 Å². The largest absolute Gasteiger partial charge is 0.463 e. The number of anilines is 2. The lowest BCUT2D eigenvalue weighted by molar-refractivity contribution is 0.0966. The number of carbonyl (C=O) groups excluding carboxylic acids is 1. The van der Waals surface area contributed by atoms with Crippen LogP contribution in [0.1, 0.15) is 21.6 Å². The van der Waals surface area contributed by atoms with Gasteiger partial charge in [-0.25, -0.2) is 9.97 Å². The van der Waals surface area contributed by atoms with Crippen molar-refractivity contribution in [2.75, 3.05) is 19.4 Å². The number of pyridine rings is 3. The molecule has 7 rings (SSSR count). The van der Waals surface area contributed by atoms with Crippen LogP contribution in [0, 0.1) is 0 Å². The van der Waals surface area contributed by atoms with Crippen LogP contribution in [0.4, 0.5) is 11.5 Å². The molecule has 10 heteroatoms. The van der Waals surface area contributed by atoms with Gasteiger partial charge in [-0.05, 0) is 61.6 Å². The number of carbonyl (C=O) groups is 1. The van der Waals surface area contributed by atoms with Gasteiger partial charge in [0.1, 0.15) is 11.5 Å². The zero-order valence-electron chi connectivity index (χ0n) is 22.8. The molecule has 0 fully saturated rings. The minimum absolute atomic E-state index is 0.0818. The molecule has 0 bridgehead atoms. The Balaban J connectivity index is 1.30. The fourth-order valence-corrected chi connectivity index (χ4v) is 5.50. The Bertz CT molecular complexity index is 2050. The quantitative estimate of drug-likeness (QED) is 0.316. The van der Waals surface area contributed by atoms with Gasteiger partial charge in [-0.1, -0.05) is 6.07 Å². The second kappa shape index (κ2) is 9.46. The lowest BCUT2D eigenvalue weighted by Gasteiger charge is -2.17. The van der Waals surface area contributed by atoms with Gasteiger partial charge in [0, 0.05) is 49.6 Å². The Morgan fingerprint density at radius 2 is 1.90 bits per heavy atom. The van der Waals surface area contributed by atoms with Crippen molar-refractivity contribution in [3.63, 3.8) is 0 Å². The van der Waals surface area contributed by atoms with Crippen LogP contribution in [0.3, 0.4) is 0 Å². The smallest absolute Gasteiger partial charge is 0.254 e. The maximum absolute atomic E-state index is 13.1. The van der Waals surface area contributed by atoms with Crippen molar-refractivity contribution >= 4 is 34.2 Å². The zero-order valence-corrected chi connectivity index (χ0v) is 22.8. The van der Waals surface area contributed by atoms with E-state index in [1.165, 1.54) is 0 Å². The summed E-state index contributed by atoms with van der Waals surface area (Å²) in [7, 11) is 5.68. The molecule has 0 radical (unpaired) electrons. The van der Waals surface area contributed by atoms with Gasteiger partial charge in [-0.15, -0.1) is 0 Å². The van der Waals surface area contributed by atoms with Crippen LogP contribution < -0.4 is 16.2 Å². The first-order chi connectivity index (χ1) is 19.9. The number of amides is 1. The second-order valence-electron chi connectivity index (χ2n) is 10.5. The molecule has 41 heavy (non-hydrogen) atoms. The Morgan fingerprint density at radius 3 is 2.73 bits per heavy atom. The van der Waals surface area contributed by atoms with Crippen molar-refractivity contribution in [3.8, 4) is 22.4 Å². The first-order valence-electron chi connectivity index (χ1n) is 13.2.